The van der Waals surface area contributed by atoms with E-state index in [4.69, 9.17) is 25.8 Å². The molecule has 1 aliphatic carbocycles. The topological polar surface area (TPSA) is 155 Å². The number of carbonyl (C=O) groups excluding carboxylic acids is 1. The summed E-state index contributed by atoms with van der Waals surface area (Å²) in [4.78, 5) is 35.9. The van der Waals surface area contributed by atoms with Gasteiger partial charge in [0.25, 0.3) is 11.6 Å². The van der Waals surface area contributed by atoms with E-state index < -0.39 is 27.6 Å². The molecule has 3 aliphatic heterocycles. The lowest BCUT2D eigenvalue weighted by Crippen LogP contribution is -2.47. The monoisotopic (exact) mass is 939 g/mol. The summed E-state index contributed by atoms with van der Waals surface area (Å²) < 4.78 is 49.8. The number of aromatic nitrogens is 1. The first-order valence-corrected chi connectivity index (χ1v) is 24.1. The van der Waals surface area contributed by atoms with E-state index >= 15 is 4.39 Å². The molecule has 1 amide bonds. The summed E-state index contributed by atoms with van der Waals surface area (Å²) in [6.45, 7) is 11.7. The molecule has 0 bridgehead atoms. The molecule has 4 aliphatic rings. The minimum atomic E-state index is -2.19. The molecule has 1 aromatic heterocycles. The molecule has 1 saturated carbocycles. The van der Waals surface area contributed by atoms with E-state index in [9.17, 15) is 19.1 Å². The first-order chi connectivity index (χ1) is 31.9. The number of rotatable bonds is 13. The third-order valence-electron chi connectivity index (χ3n) is 13.2. The van der Waals surface area contributed by atoms with E-state index in [0.717, 1.165) is 89.3 Å². The third-order valence-corrected chi connectivity index (χ3v) is 14.5. The molecule has 14 nitrogen and oxygen atoms in total. The number of carbonyl (C=O) groups is 1. The average Bonchev–Trinajstić information content (AvgIpc) is 3.77. The van der Waals surface area contributed by atoms with E-state index in [1.807, 2.05) is 12.1 Å². The Kier molecular flexibility index (Phi) is 13.8. The highest BCUT2D eigenvalue weighted by molar-refractivity contribution is 7.83. The maximum atomic E-state index is 15.5. The predicted octanol–water partition coefficient (Wildman–Crippen LogP) is 8.94. The van der Waals surface area contributed by atoms with Gasteiger partial charge in [0.1, 0.15) is 11.4 Å². The number of H-pyrrole nitrogens is 1. The molecule has 0 radical (unpaired) electrons. The quantitative estimate of drug-likeness (QED) is 0.0766. The van der Waals surface area contributed by atoms with Crippen LogP contribution >= 0.6 is 11.6 Å². The molecular formula is C49H55ClFN7O7S. The molecule has 348 valence electrons. The summed E-state index contributed by atoms with van der Waals surface area (Å²) in [6.07, 6.45) is 6.19. The zero-order valence-corrected chi connectivity index (χ0v) is 38.7. The Hall–Kier alpha value is -5.36. The van der Waals surface area contributed by atoms with Crippen LogP contribution in [0.25, 0.3) is 16.5 Å². The molecule has 0 spiro atoms. The number of fused-ring (bicyclic) bond motifs is 1. The minimum absolute atomic E-state index is 0.0154. The Morgan fingerprint density at radius 3 is 2.45 bits per heavy atom. The number of nitrogens with zero attached hydrogens (tertiary/aromatic N) is 4. The van der Waals surface area contributed by atoms with E-state index in [2.05, 4.69) is 55.7 Å². The van der Waals surface area contributed by atoms with Crippen molar-refractivity contribution in [2.24, 2.45) is 0 Å². The van der Waals surface area contributed by atoms with Crippen molar-refractivity contribution in [3.05, 3.63) is 123 Å². The molecule has 5 aromatic rings. The maximum absolute atomic E-state index is 15.5. The van der Waals surface area contributed by atoms with Crippen molar-refractivity contribution in [1.29, 1.82) is 0 Å². The summed E-state index contributed by atoms with van der Waals surface area (Å²) >= 11 is 6.23. The van der Waals surface area contributed by atoms with Crippen molar-refractivity contribution in [3.8, 4) is 11.5 Å². The SMILES string of the molecule is CC1(C)CC(c2ccc(Cl)cc2)=C(CN2CCN(c3ccc(C(=O)NS(=O)c4ccc(NC5CCC(N6CCOCC6)CC5)c([N+](=O)[O-])c4)c(Oc4cc5cc[nH]c5cc4F)c3)CC2)CO1. The molecule has 9 rings (SSSR count). The zero-order valence-electron chi connectivity index (χ0n) is 37.2. The van der Waals surface area contributed by atoms with Gasteiger partial charge >= 0.3 is 0 Å². The van der Waals surface area contributed by atoms with Gasteiger partial charge in [0.15, 0.2) is 22.6 Å². The maximum Gasteiger partial charge on any atom is 0.293 e. The molecule has 4 aromatic carbocycles. The lowest BCUT2D eigenvalue weighted by molar-refractivity contribution is -0.384. The Balaban J connectivity index is 0.900. The van der Waals surface area contributed by atoms with Gasteiger partial charge in [0, 0.05) is 110 Å². The number of nitro benzene ring substituents is 1. The van der Waals surface area contributed by atoms with Crippen molar-refractivity contribution >= 4 is 62.0 Å². The summed E-state index contributed by atoms with van der Waals surface area (Å²) in [6, 6.07) is 22.6. The highest BCUT2D eigenvalue weighted by atomic mass is 35.5. The normalized spacial score (nSPS) is 21.1. The molecule has 17 heteroatoms. The highest BCUT2D eigenvalue weighted by Crippen LogP contribution is 2.38. The Morgan fingerprint density at radius 1 is 0.955 bits per heavy atom. The molecule has 1 atom stereocenters. The number of benzene rings is 4. The van der Waals surface area contributed by atoms with Gasteiger partial charge in [-0.15, -0.1) is 0 Å². The van der Waals surface area contributed by atoms with Gasteiger partial charge in [-0.1, -0.05) is 23.7 Å². The van der Waals surface area contributed by atoms with Gasteiger partial charge in [-0.25, -0.2) is 8.60 Å². The Bertz CT molecular complexity index is 2640. The fraction of sp³-hybridized carbons (Fsp3) is 0.408. The molecular weight excluding hydrogens is 885 g/mol. The fourth-order valence-corrected chi connectivity index (χ4v) is 10.5. The number of piperazine rings is 1. The second-order valence-electron chi connectivity index (χ2n) is 18.1. The van der Waals surface area contributed by atoms with Crippen LogP contribution in [0.3, 0.4) is 0 Å². The van der Waals surface area contributed by atoms with Crippen molar-refractivity contribution in [3.63, 3.8) is 0 Å². The number of hydrogen-bond donors (Lipinski definition) is 3. The van der Waals surface area contributed by atoms with E-state index in [-0.39, 0.29) is 39.3 Å². The van der Waals surface area contributed by atoms with Crippen LogP contribution in [0.2, 0.25) is 5.02 Å². The number of ether oxygens (including phenoxy) is 3. The number of hydrogen-bond acceptors (Lipinski definition) is 11. The summed E-state index contributed by atoms with van der Waals surface area (Å²) in [7, 11) is -2.19. The molecule has 1 unspecified atom stereocenters. The summed E-state index contributed by atoms with van der Waals surface area (Å²) in [5.41, 5.74) is 4.87. The molecule has 3 fully saturated rings. The van der Waals surface area contributed by atoms with Crippen molar-refractivity contribution < 1.29 is 32.5 Å². The third kappa shape index (κ3) is 10.6. The van der Waals surface area contributed by atoms with Crippen LogP contribution in [0.15, 0.2) is 95.5 Å². The summed E-state index contributed by atoms with van der Waals surface area (Å²) in [5, 5.41) is 17.1. The first kappa shape index (κ1) is 45.8. The van der Waals surface area contributed by atoms with Gasteiger partial charge in [0.2, 0.25) is 0 Å². The second kappa shape index (κ2) is 19.9. The van der Waals surface area contributed by atoms with Gasteiger partial charge in [-0.05, 0) is 105 Å². The van der Waals surface area contributed by atoms with Crippen LogP contribution in [-0.4, -0.2) is 113 Å². The van der Waals surface area contributed by atoms with Crippen LogP contribution in [0.4, 0.5) is 21.5 Å². The standard InChI is InChI=1S/C49H55ClFN7O7S/c1-49(2)29-41(32-3-5-35(50)6-4-32)34(31-64-49)30-55-17-19-56(20-18-55)38-11-13-40(46(26-38)65-47-25-33-15-16-52-44(33)28-42(47)51)48(59)54-66(62)39-12-14-43(45(27-39)58(60)61)53-36-7-9-37(10-8-36)57-21-23-63-24-22-57/h3-6,11-16,25-28,36-37,52-53H,7-10,17-24,29-31H2,1-2H3,(H,54,59). The van der Waals surface area contributed by atoms with E-state index in [1.54, 1.807) is 42.6 Å². The number of anilines is 2. The number of nitro groups is 1. The number of amides is 1. The Morgan fingerprint density at radius 2 is 1.71 bits per heavy atom. The molecule has 66 heavy (non-hydrogen) atoms. The van der Waals surface area contributed by atoms with Crippen LogP contribution in [0, 0.1) is 15.9 Å². The van der Waals surface area contributed by atoms with Crippen molar-refractivity contribution in [1.82, 2.24) is 19.5 Å². The van der Waals surface area contributed by atoms with E-state index in [1.165, 1.54) is 29.3 Å². The second-order valence-corrected chi connectivity index (χ2v) is 19.8. The van der Waals surface area contributed by atoms with Crippen LogP contribution in [-0.2, 0) is 20.5 Å². The number of halogens is 2. The first-order valence-electron chi connectivity index (χ1n) is 22.6. The number of morpholine rings is 1. The minimum Gasteiger partial charge on any atom is -0.453 e. The average molecular weight is 941 g/mol. The van der Waals surface area contributed by atoms with Gasteiger partial charge in [0.05, 0.1) is 40.8 Å². The van der Waals surface area contributed by atoms with Gasteiger partial charge in [-0.2, -0.15) is 0 Å². The van der Waals surface area contributed by atoms with Crippen molar-refractivity contribution in [2.75, 3.05) is 75.9 Å². The van der Waals surface area contributed by atoms with E-state index in [0.29, 0.717) is 47.4 Å². The predicted molar refractivity (Wildman–Crippen MR) is 255 cm³/mol. The molecule has 2 saturated heterocycles. The zero-order chi connectivity index (χ0) is 46.0. The van der Waals surface area contributed by atoms with Crippen molar-refractivity contribution in [2.45, 2.75) is 68.5 Å². The highest BCUT2D eigenvalue weighted by Gasteiger charge is 2.32. The van der Waals surface area contributed by atoms with Crippen LogP contribution in [0.1, 0.15) is 61.9 Å². The smallest absolute Gasteiger partial charge is 0.293 e. The van der Waals surface area contributed by atoms with Gasteiger partial charge in [-0.3, -0.25) is 29.4 Å². The lowest BCUT2D eigenvalue weighted by Gasteiger charge is -2.39. The lowest BCUT2D eigenvalue weighted by atomic mass is 9.87. The fourth-order valence-electron chi connectivity index (χ4n) is 9.58. The molecule has 4 heterocycles. The van der Waals surface area contributed by atoms with Crippen LogP contribution < -0.4 is 19.7 Å². The molecule has 3 N–H and O–H groups in total. The Labute approximate surface area is 391 Å². The van der Waals surface area contributed by atoms with Crippen LogP contribution in [0.5, 0.6) is 11.5 Å². The summed E-state index contributed by atoms with van der Waals surface area (Å²) in [5.74, 6) is -1.42. The van der Waals surface area contributed by atoms with Gasteiger partial charge < -0.3 is 29.4 Å². The number of aromatic amines is 1. The number of nitrogens with one attached hydrogen (secondary N) is 3. The largest absolute Gasteiger partial charge is 0.453 e.